The Balaban J connectivity index is 1.72. The Hall–Kier alpha value is -0.860. The van der Waals surface area contributed by atoms with Crippen LogP contribution in [0.5, 0.6) is 0 Å². The Labute approximate surface area is 123 Å². The highest BCUT2D eigenvalue weighted by Crippen LogP contribution is 2.41. The van der Waals surface area contributed by atoms with E-state index in [-0.39, 0.29) is 0 Å². The number of hydrogen-bond donors (Lipinski definition) is 1. The molecule has 2 aliphatic carbocycles. The highest BCUT2D eigenvalue weighted by molar-refractivity contribution is 5.30. The van der Waals surface area contributed by atoms with Gasteiger partial charge in [-0.25, -0.2) is 0 Å². The third kappa shape index (κ3) is 3.24. The maximum absolute atomic E-state index is 6.11. The van der Waals surface area contributed by atoms with Crippen LogP contribution in [0.2, 0.25) is 0 Å². The van der Waals surface area contributed by atoms with Gasteiger partial charge in [0.1, 0.15) is 0 Å². The van der Waals surface area contributed by atoms with E-state index < -0.39 is 0 Å². The van der Waals surface area contributed by atoms with Crippen LogP contribution in [-0.2, 0) is 0 Å². The van der Waals surface area contributed by atoms with Gasteiger partial charge in [0.2, 0.25) is 0 Å². The second-order valence-electron chi connectivity index (χ2n) is 6.51. The molecule has 0 amide bonds. The minimum atomic E-state index is 0.419. The Bertz CT molecular complexity index is 418. The lowest BCUT2D eigenvalue weighted by Gasteiger charge is -2.31. The van der Waals surface area contributed by atoms with E-state index >= 15 is 0 Å². The van der Waals surface area contributed by atoms with Gasteiger partial charge in [-0.05, 0) is 55.7 Å². The normalized spacial score (nSPS) is 20.4. The first-order valence-corrected chi connectivity index (χ1v) is 8.39. The summed E-state index contributed by atoms with van der Waals surface area (Å²) in [5, 5.41) is 0. The summed E-state index contributed by atoms with van der Waals surface area (Å²) in [6.07, 6.45) is 8.03. The van der Waals surface area contributed by atoms with Crippen LogP contribution in [0.1, 0.15) is 68.5 Å². The fourth-order valence-corrected chi connectivity index (χ4v) is 3.21. The van der Waals surface area contributed by atoms with Crippen molar-refractivity contribution in [1.29, 1.82) is 0 Å². The molecule has 2 aliphatic rings. The van der Waals surface area contributed by atoms with Crippen molar-refractivity contribution in [3.8, 4) is 0 Å². The molecular weight excluding hydrogens is 244 g/mol. The van der Waals surface area contributed by atoms with Crippen LogP contribution >= 0.6 is 0 Å². The molecule has 2 heteroatoms. The van der Waals surface area contributed by atoms with Crippen LogP contribution < -0.4 is 5.73 Å². The average Bonchev–Trinajstić information content (AvgIpc) is 3.36. The number of nitrogens with zero attached hydrogens (tertiary/aromatic N) is 1. The number of rotatable bonds is 8. The van der Waals surface area contributed by atoms with E-state index in [1.807, 2.05) is 0 Å². The van der Waals surface area contributed by atoms with E-state index in [1.54, 1.807) is 0 Å². The van der Waals surface area contributed by atoms with Crippen LogP contribution in [0, 0.1) is 0 Å². The largest absolute Gasteiger partial charge is 0.329 e. The van der Waals surface area contributed by atoms with Gasteiger partial charge in [-0.15, -0.1) is 0 Å². The van der Waals surface area contributed by atoms with Gasteiger partial charge in [-0.2, -0.15) is 0 Å². The van der Waals surface area contributed by atoms with Crippen molar-refractivity contribution in [3.63, 3.8) is 0 Å². The molecule has 1 atom stereocenters. The zero-order chi connectivity index (χ0) is 13.9. The third-order valence-electron chi connectivity index (χ3n) is 4.78. The van der Waals surface area contributed by atoms with Gasteiger partial charge in [0, 0.05) is 18.6 Å². The molecule has 2 saturated carbocycles. The molecule has 0 heterocycles. The van der Waals surface area contributed by atoms with Crippen molar-refractivity contribution in [2.75, 3.05) is 13.1 Å². The zero-order valence-corrected chi connectivity index (χ0v) is 12.7. The third-order valence-corrected chi connectivity index (χ3v) is 4.78. The van der Waals surface area contributed by atoms with Gasteiger partial charge in [-0.3, -0.25) is 4.90 Å². The molecule has 1 aromatic rings. The lowest BCUT2D eigenvalue weighted by molar-refractivity contribution is 0.188. The number of unbranched alkanes of at least 4 members (excludes halogenated alkanes) is 1. The molecule has 1 aromatic carbocycles. The Morgan fingerprint density at radius 2 is 1.85 bits per heavy atom. The maximum atomic E-state index is 6.11. The van der Waals surface area contributed by atoms with Gasteiger partial charge in [0.15, 0.2) is 0 Å². The molecule has 0 aromatic heterocycles. The summed E-state index contributed by atoms with van der Waals surface area (Å²) in [5.74, 6) is 0.847. The molecule has 3 rings (SSSR count). The molecular formula is C18H28N2. The average molecular weight is 272 g/mol. The Morgan fingerprint density at radius 3 is 2.35 bits per heavy atom. The fourth-order valence-electron chi connectivity index (χ4n) is 3.21. The molecule has 20 heavy (non-hydrogen) atoms. The van der Waals surface area contributed by atoms with Gasteiger partial charge < -0.3 is 5.73 Å². The second-order valence-corrected chi connectivity index (χ2v) is 6.51. The molecule has 2 nitrogen and oxygen atoms in total. The first-order chi connectivity index (χ1) is 9.83. The number of nitrogens with two attached hydrogens (primary N) is 1. The summed E-state index contributed by atoms with van der Waals surface area (Å²) >= 11 is 0. The summed E-state index contributed by atoms with van der Waals surface area (Å²) in [6.45, 7) is 4.21. The summed E-state index contributed by atoms with van der Waals surface area (Å²) in [6, 6.07) is 10.5. The van der Waals surface area contributed by atoms with Gasteiger partial charge in [-0.1, -0.05) is 37.6 Å². The second kappa shape index (κ2) is 6.28. The minimum Gasteiger partial charge on any atom is -0.329 e. The van der Waals surface area contributed by atoms with Gasteiger partial charge in [0.05, 0.1) is 0 Å². The van der Waals surface area contributed by atoms with Crippen molar-refractivity contribution in [2.24, 2.45) is 5.73 Å². The van der Waals surface area contributed by atoms with Crippen LogP contribution in [0.3, 0.4) is 0 Å². The van der Waals surface area contributed by atoms with E-state index in [1.165, 1.54) is 56.2 Å². The molecule has 1 unspecified atom stereocenters. The van der Waals surface area contributed by atoms with Crippen LogP contribution in [0.4, 0.5) is 0 Å². The predicted octanol–water partition coefficient (Wildman–Crippen LogP) is 3.83. The summed E-state index contributed by atoms with van der Waals surface area (Å²) in [7, 11) is 0. The first-order valence-electron chi connectivity index (χ1n) is 8.39. The summed E-state index contributed by atoms with van der Waals surface area (Å²) in [4.78, 5) is 2.66. The molecule has 0 saturated heterocycles. The smallest absolute Gasteiger partial charge is 0.0473 e. The molecule has 0 bridgehead atoms. The monoisotopic (exact) mass is 272 g/mol. The lowest BCUT2D eigenvalue weighted by Crippen LogP contribution is -2.36. The number of hydrogen-bond acceptors (Lipinski definition) is 2. The lowest BCUT2D eigenvalue weighted by atomic mass is 10.0. The van der Waals surface area contributed by atoms with E-state index in [4.69, 9.17) is 5.73 Å². The molecule has 0 aliphatic heterocycles. The Morgan fingerprint density at radius 1 is 1.15 bits per heavy atom. The quantitative estimate of drug-likeness (QED) is 0.779. The fraction of sp³-hybridized carbons (Fsp3) is 0.667. The molecule has 2 N–H and O–H groups in total. The summed E-state index contributed by atoms with van der Waals surface area (Å²) < 4.78 is 0. The highest BCUT2D eigenvalue weighted by atomic mass is 15.2. The predicted molar refractivity (Wildman–Crippen MR) is 84.8 cm³/mol. The van der Waals surface area contributed by atoms with Gasteiger partial charge in [0.25, 0.3) is 0 Å². The van der Waals surface area contributed by atoms with Crippen molar-refractivity contribution >= 4 is 0 Å². The summed E-state index contributed by atoms with van der Waals surface area (Å²) in [5.41, 5.74) is 9.05. The standard InChI is InChI=1S/C18H28N2/c1-2-3-12-20(17-10-11-17)18(13-19)16-8-6-15(7-9-16)14-4-5-14/h6-9,14,17-18H,2-5,10-13,19H2,1H3. The topological polar surface area (TPSA) is 29.3 Å². The van der Waals surface area contributed by atoms with Crippen molar-refractivity contribution in [2.45, 2.75) is 63.5 Å². The molecule has 2 fully saturated rings. The van der Waals surface area contributed by atoms with Crippen LogP contribution in [0.25, 0.3) is 0 Å². The van der Waals surface area contributed by atoms with Crippen molar-refractivity contribution in [3.05, 3.63) is 35.4 Å². The zero-order valence-electron chi connectivity index (χ0n) is 12.7. The Kier molecular flexibility index (Phi) is 4.42. The first kappa shape index (κ1) is 14.1. The molecule has 0 radical (unpaired) electrons. The van der Waals surface area contributed by atoms with Crippen molar-refractivity contribution < 1.29 is 0 Å². The van der Waals surface area contributed by atoms with E-state index in [9.17, 15) is 0 Å². The minimum absolute atomic E-state index is 0.419. The molecule has 0 spiro atoms. The van der Waals surface area contributed by atoms with Crippen LogP contribution in [0.15, 0.2) is 24.3 Å². The highest BCUT2D eigenvalue weighted by Gasteiger charge is 2.33. The van der Waals surface area contributed by atoms with Gasteiger partial charge >= 0.3 is 0 Å². The van der Waals surface area contributed by atoms with Crippen LogP contribution in [-0.4, -0.2) is 24.0 Å². The van der Waals surface area contributed by atoms with Crippen molar-refractivity contribution in [1.82, 2.24) is 4.90 Å². The van der Waals surface area contributed by atoms with E-state index in [0.717, 1.165) is 18.5 Å². The SMILES string of the molecule is CCCCN(C1CC1)C(CN)c1ccc(C2CC2)cc1. The maximum Gasteiger partial charge on any atom is 0.0473 e. The number of benzene rings is 1. The van der Waals surface area contributed by atoms with E-state index in [2.05, 4.69) is 36.1 Å². The van der Waals surface area contributed by atoms with E-state index in [0.29, 0.717) is 6.04 Å². The molecule has 110 valence electrons.